The van der Waals surface area contributed by atoms with E-state index in [9.17, 15) is 5.11 Å². The third-order valence-electron chi connectivity index (χ3n) is 3.40. The summed E-state index contributed by atoms with van der Waals surface area (Å²) in [6.45, 7) is 8.59. The van der Waals surface area contributed by atoms with Crippen molar-refractivity contribution in [3.8, 4) is 0 Å². The summed E-state index contributed by atoms with van der Waals surface area (Å²) >= 11 is 1.72. The van der Waals surface area contributed by atoms with E-state index in [0.717, 1.165) is 22.6 Å². The maximum atomic E-state index is 9.67. The van der Waals surface area contributed by atoms with E-state index >= 15 is 0 Å². The quantitative estimate of drug-likeness (QED) is 0.688. The fraction of sp³-hybridized carbons (Fsp3) is 0.562. The molecule has 0 aliphatic rings. The predicted octanol–water partition coefficient (Wildman–Crippen LogP) is 3.18. The molecule has 0 bridgehead atoms. The van der Waals surface area contributed by atoms with Gasteiger partial charge in [0, 0.05) is 16.8 Å². The Kier molecular flexibility index (Phi) is 5.30. The zero-order valence-electron chi connectivity index (χ0n) is 13.2. The number of nitrogens with one attached hydrogen (secondary N) is 2. The van der Waals surface area contributed by atoms with Crippen molar-refractivity contribution < 1.29 is 5.11 Å². The number of benzene rings is 1. The number of nitrogens with zero attached hydrogens (tertiary/aromatic N) is 1. The first kappa shape index (κ1) is 16.3. The Morgan fingerprint density at radius 3 is 2.67 bits per heavy atom. The molecule has 4 nitrogen and oxygen atoms in total. The van der Waals surface area contributed by atoms with Crippen molar-refractivity contribution in [3.63, 3.8) is 0 Å². The zero-order chi connectivity index (χ0) is 15.5. The normalized spacial score (nSPS) is 16.3. The first-order valence-electron chi connectivity index (χ1n) is 7.42. The van der Waals surface area contributed by atoms with Crippen LogP contribution in [0.1, 0.15) is 34.1 Å². The molecule has 1 heterocycles. The van der Waals surface area contributed by atoms with Gasteiger partial charge in [0.05, 0.1) is 17.6 Å². The standard InChI is InChI=1S/C16H25N3OS/c1-11(2)19-16(4,10-20)9-12(3)21-15-17-13-7-5-6-8-14(13)18-15/h5-8,11-12,19-20H,9-10H2,1-4H3,(H,17,18). The van der Waals surface area contributed by atoms with Gasteiger partial charge in [0.1, 0.15) is 0 Å². The summed E-state index contributed by atoms with van der Waals surface area (Å²) in [6.07, 6.45) is 0.878. The lowest BCUT2D eigenvalue weighted by atomic mass is 9.96. The Morgan fingerprint density at radius 1 is 1.33 bits per heavy atom. The molecule has 116 valence electrons. The fourth-order valence-electron chi connectivity index (χ4n) is 2.72. The highest BCUT2D eigenvalue weighted by molar-refractivity contribution is 7.99. The van der Waals surface area contributed by atoms with Crippen molar-refractivity contribution >= 4 is 22.8 Å². The van der Waals surface area contributed by atoms with Gasteiger partial charge in [-0.2, -0.15) is 0 Å². The maximum Gasteiger partial charge on any atom is 0.166 e. The van der Waals surface area contributed by atoms with E-state index in [1.54, 1.807) is 11.8 Å². The van der Waals surface area contributed by atoms with Crippen molar-refractivity contribution in [1.29, 1.82) is 0 Å². The average Bonchev–Trinajstić information content (AvgIpc) is 2.79. The van der Waals surface area contributed by atoms with Crippen LogP contribution in [0, 0.1) is 0 Å². The van der Waals surface area contributed by atoms with Crippen LogP contribution in [0.5, 0.6) is 0 Å². The third-order valence-corrected chi connectivity index (χ3v) is 4.39. The van der Waals surface area contributed by atoms with E-state index in [2.05, 4.69) is 43.0 Å². The topological polar surface area (TPSA) is 60.9 Å². The molecular weight excluding hydrogens is 282 g/mol. The molecule has 21 heavy (non-hydrogen) atoms. The van der Waals surface area contributed by atoms with Gasteiger partial charge < -0.3 is 15.4 Å². The fourth-order valence-corrected chi connectivity index (χ4v) is 3.87. The van der Waals surface area contributed by atoms with E-state index < -0.39 is 0 Å². The molecule has 1 aromatic heterocycles. The Hall–Kier alpha value is -1.04. The monoisotopic (exact) mass is 307 g/mol. The van der Waals surface area contributed by atoms with Crippen molar-refractivity contribution in [2.45, 2.75) is 56.1 Å². The molecule has 3 N–H and O–H groups in total. The van der Waals surface area contributed by atoms with Gasteiger partial charge in [-0.15, -0.1) is 0 Å². The van der Waals surface area contributed by atoms with Crippen molar-refractivity contribution in [3.05, 3.63) is 24.3 Å². The summed E-state index contributed by atoms with van der Waals surface area (Å²) in [5, 5.41) is 14.4. The molecule has 0 saturated heterocycles. The number of aliphatic hydroxyl groups is 1. The average molecular weight is 307 g/mol. The molecule has 0 saturated carbocycles. The van der Waals surface area contributed by atoms with Crippen LogP contribution in [-0.2, 0) is 0 Å². The SMILES string of the molecule is CC(C)NC(C)(CO)CC(C)Sc1nc2ccccc2[nH]1. The van der Waals surface area contributed by atoms with Crippen LogP contribution in [0.15, 0.2) is 29.4 Å². The number of para-hydroxylation sites is 2. The van der Waals surface area contributed by atoms with Gasteiger partial charge in [-0.1, -0.05) is 44.7 Å². The summed E-state index contributed by atoms with van der Waals surface area (Å²) in [6, 6.07) is 8.41. The first-order valence-corrected chi connectivity index (χ1v) is 8.30. The molecule has 0 fully saturated rings. The van der Waals surface area contributed by atoms with E-state index in [0.29, 0.717) is 11.3 Å². The molecule has 5 heteroatoms. The molecular formula is C16H25N3OS. The minimum Gasteiger partial charge on any atom is -0.394 e. The Labute approximate surface area is 130 Å². The van der Waals surface area contributed by atoms with Crippen LogP contribution in [0.2, 0.25) is 0 Å². The van der Waals surface area contributed by atoms with Gasteiger partial charge in [-0.05, 0) is 25.5 Å². The lowest BCUT2D eigenvalue weighted by Gasteiger charge is -2.33. The summed E-state index contributed by atoms with van der Waals surface area (Å²) < 4.78 is 0. The summed E-state index contributed by atoms with van der Waals surface area (Å²) in [5.41, 5.74) is 1.81. The van der Waals surface area contributed by atoms with Gasteiger partial charge in [-0.3, -0.25) is 0 Å². The highest BCUT2D eigenvalue weighted by Gasteiger charge is 2.27. The van der Waals surface area contributed by atoms with E-state index in [4.69, 9.17) is 0 Å². The molecule has 0 aliphatic heterocycles. The van der Waals surface area contributed by atoms with Gasteiger partial charge in [0.25, 0.3) is 0 Å². The molecule has 0 aliphatic carbocycles. The molecule has 1 aromatic carbocycles. The molecule has 2 aromatic rings. The molecule has 2 unspecified atom stereocenters. The number of H-pyrrole nitrogens is 1. The first-order chi connectivity index (χ1) is 9.92. The van der Waals surface area contributed by atoms with E-state index in [1.807, 2.05) is 24.3 Å². The Bertz CT molecular complexity index is 551. The van der Waals surface area contributed by atoms with Gasteiger partial charge >= 0.3 is 0 Å². The van der Waals surface area contributed by atoms with E-state index in [1.165, 1.54) is 0 Å². The van der Waals surface area contributed by atoms with E-state index in [-0.39, 0.29) is 12.1 Å². The minimum atomic E-state index is -0.257. The van der Waals surface area contributed by atoms with Crippen LogP contribution >= 0.6 is 11.8 Å². The summed E-state index contributed by atoms with van der Waals surface area (Å²) in [7, 11) is 0. The number of aliphatic hydroxyl groups excluding tert-OH is 1. The number of aromatic amines is 1. The lowest BCUT2D eigenvalue weighted by Crippen LogP contribution is -2.50. The summed E-state index contributed by atoms with van der Waals surface area (Å²) in [4.78, 5) is 7.93. The highest BCUT2D eigenvalue weighted by atomic mass is 32.2. The second kappa shape index (κ2) is 6.81. The zero-order valence-corrected chi connectivity index (χ0v) is 14.0. The Morgan fingerprint density at radius 2 is 2.05 bits per heavy atom. The molecule has 0 radical (unpaired) electrons. The minimum absolute atomic E-state index is 0.135. The smallest absolute Gasteiger partial charge is 0.166 e. The molecule has 2 rings (SSSR count). The number of thioether (sulfide) groups is 1. The van der Waals surface area contributed by atoms with Gasteiger partial charge in [-0.25, -0.2) is 4.98 Å². The lowest BCUT2D eigenvalue weighted by molar-refractivity contribution is 0.157. The molecule has 0 spiro atoms. The third kappa shape index (κ3) is 4.46. The second-order valence-electron chi connectivity index (χ2n) is 6.21. The van der Waals surface area contributed by atoms with Crippen molar-refractivity contribution in [1.82, 2.24) is 15.3 Å². The molecule has 2 atom stereocenters. The van der Waals surface area contributed by atoms with Crippen LogP contribution in [0.3, 0.4) is 0 Å². The number of rotatable bonds is 7. The van der Waals surface area contributed by atoms with Gasteiger partial charge in [0.2, 0.25) is 0 Å². The molecule has 0 amide bonds. The van der Waals surface area contributed by atoms with Crippen LogP contribution in [-0.4, -0.2) is 38.5 Å². The maximum absolute atomic E-state index is 9.67. The summed E-state index contributed by atoms with van der Waals surface area (Å²) in [5.74, 6) is 0. The highest BCUT2D eigenvalue weighted by Crippen LogP contribution is 2.28. The number of imidazole rings is 1. The predicted molar refractivity (Wildman–Crippen MR) is 89.8 cm³/mol. The van der Waals surface area contributed by atoms with Crippen molar-refractivity contribution in [2.75, 3.05) is 6.61 Å². The largest absolute Gasteiger partial charge is 0.394 e. The van der Waals surface area contributed by atoms with Crippen LogP contribution < -0.4 is 5.32 Å². The van der Waals surface area contributed by atoms with Crippen LogP contribution in [0.25, 0.3) is 11.0 Å². The number of aromatic nitrogens is 2. The number of fused-ring (bicyclic) bond motifs is 1. The second-order valence-corrected chi connectivity index (χ2v) is 7.64. The Balaban J connectivity index is 2.01. The van der Waals surface area contributed by atoms with Crippen molar-refractivity contribution in [2.24, 2.45) is 0 Å². The number of hydrogen-bond donors (Lipinski definition) is 3. The van der Waals surface area contributed by atoms with Crippen LogP contribution in [0.4, 0.5) is 0 Å². The number of hydrogen-bond acceptors (Lipinski definition) is 4. The van der Waals surface area contributed by atoms with Gasteiger partial charge in [0.15, 0.2) is 5.16 Å².